The molecule has 0 spiro atoms. The van der Waals surface area contributed by atoms with Gasteiger partial charge in [0.15, 0.2) is 0 Å². The number of anilines is 1. The van der Waals surface area contributed by atoms with Crippen LogP contribution in [0.3, 0.4) is 0 Å². The lowest BCUT2D eigenvalue weighted by Gasteiger charge is -2.04. The van der Waals surface area contributed by atoms with Crippen molar-refractivity contribution in [1.82, 2.24) is 5.43 Å². The van der Waals surface area contributed by atoms with E-state index < -0.39 is 0 Å². The van der Waals surface area contributed by atoms with Crippen LogP contribution in [0.25, 0.3) is 0 Å². The van der Waals surface area contributed by atoms with E-state index in [4.69, 9.17) is 0 Å². The Bertz CT molecular complexity index is 685. The summed E-state index contributed by atoms with van der Waals surface area (Å²) in [5.41, 5.74) is 4.02. The Morgan fingerprint density at radius 2 is 1.61 bits per heavy atom. The van der Waals surface area contributed by atoms with Crippen LogP contribution in [-0.4, -0.2) is 18.0 Å². The van der Waals surface area contributed by atoms with Gasteiger partial charge in [-0.05, 0) is 52.4 Å². The average molecular weight is 421 g/mol. The summed E-state index contributed by atoms with van der Waals surface area (Å²) >= 11 is 2.19. The van der Waals surface area contributed by atoms with E-state index in [0.717, 1.165) is 14.8 Å². The molecule has 0 aliphatic rings. The normalized spacial score (nSPS) is 10.5. The summed E-state index contributed by atoms with van der Waals surface area (Å²) in [6.45, 7) is 0. The van der Waals surface area contributed by atoms with Gasteiger partial charge in [-0.15, -0.1) is 0 Å². The highest BCUT2D eigenvalue weighted by Crippen LogP contribution is 2.11. The van der Waals surface area contributed by atoms with Crippen LogP contribution in [0.1, 0.15) is 18.4 Å². The molecule has 23 heavy (non-hydrogen) atoms. The SMILES string of the molecule is O=C(CCC(=O)Nc1ccc(I)cc1)N/N=C\c1ccccc1. The highest BCUT2D eigenvalue weighted by atomic mass is 127. The van der Waals surface area contributed by atoms with Crippen molar-refractivity contribution >= 4 is 46.3 Å². The first-order valence-corrected chi connectivity index (χ1v) is 8.14. The van der Waals surface area contributed by atoms with Gasteiger partial charge in [0, 0.05) is 22.1 Å². The lowest BCUT2D eigenvalue weighted by molar-refractivity contribution is -0.124. The molecule has 2 rings (SSSR count). The van der Waals surface area contributed by atoms with Gasteiger partial charge in [-0.25, -0.2) is 5.43 Å². The third-order valence-electron chi connectivity index (χ3n) is 2.91. The summed E-state index contributed by atoms with van der Waals surface area (Å²) in [6, 6.07) is 16.9. The third kappa shape index (κ3) is 6.60. The number of hydrogen-bond acceptors (Lipinski definition) is 3. The van der Waals surface area contributed by atoms with Crippen molar-refractivity contribution in [3.63, 3.8) is 0 Å². The topological polar surface area (TPSA) is 70.6 Å². The maximum atomic E-state index is 11.8. The molecule has 0 radical (unpaired) electrons. The summed E-state index contributed by atoms with van der Waals surface area (Å²) in [5.74, 6) is -0.497. The molecule has 6 heteroatoms. The highest BCUT2D eigenvalue weighted by Gasteiger charge is 2.06. The standard InChI is InChI=1S/C17H16IN3O2/c18-14-6-8-15(9-7-14)20-16(22)10-11-17(23)21-19-12-13-4-2-1-3-5-13/h1-9,12H,10-11H2,(H,20,22)(H,21,23)/b19-12-. The van der Waals surface area contributed by atoms with Gasteiger partial charge in [-0.3, -0.25) is 9.59 Å². The van der Waals surface area contributed by atoms with Crippen molar-refractivity contribution in [3.8, 4) is 0 Å². The third-order valence-corrected chi connectivity index (χ3v) is 3.63. The van der Waals surface area contributed by atoms with E-state index in [2.05, 4.69) is 38.4 Å². The molecule has 0 aromatic heterocycles. The molecule has 118 valence electrons. The molecular formula is C17H16IN3O2. The largest absolute Gasteiger partial charge is 0.326 e. The van der Waals surface area contributed by atoms with E-state index in [9.17, 15) is 9.59 Å². The number of hydrazone groups is 1. The molecule has 2 amide bonds. The molecule has 0 unspecified atom stereocenters. The lowest BCUT2D eigenvalue weighted by Crippen LogP contribution is -2.20. The van der Waals surface area contributed by atoms with Gasteiger partial charge in [-0.1, -0.05) is 30.3 Å². The molecule has 0 heterocycles. The maximum absolute atomic E-state index is 11.8. The van der Waals surface area contributed by atoms with Crippen LogP contribution in [0.15, 0.2) is 59.7 Å². The Labute approximate surface area is 148 Å². The van der Waals surface area contributed by atoms with E-state index in [-0.39, 0.29) is 24.7 Å². The first-order chi connectivity index (χ1) is 11.1. The molecule has 2 aromatic carbocycles. The number of nitrogens with one attached hydrogen (secondary N) is 2. The molecule has 0 fully saturated rings. The van der Waals surface area contributed by atoms with E-state index in [1.54, 1.807) is 6.21 Å². The zero-order valence-corrected chi connectivity index (χ0v) is 14.5. The van der Waals surface area contributed by atoms with Gasteiger partial charge in [-0.2, -0.15) is 5.10 Å². The Balaban J connectivity index is 1.70. The number of nitrogens with zero attached hydrogens (tertiary/aromatic N) is 1. The van der Waals surface area contributed by atoms with Crippen LogP contribution in [0.4, 0.5) is 5.69 Å². The van der Waals surface area contributed by atoms with Crippen LogP contribution in [-0.2, 0) is 9.59 Å². The number of carbonyl (C=O) groups is 2. The fourth-order valence-electron chi connectivity index (χ4n) is 1.76. The van der Waals surface area contributed by atoms with Gasteiger partial charge in [0.2, 0.25) is 11.8 Å². The second-order valence-corrected chi connectivity index (χ2v) is 6.00. The fourth-order valence-corrected chi connectivity index (χ4v) is 2.12. The Morgan fingerprint density at radius 3 is 2.30 bits per heavy atom. The van der Waals surface area contributed by atoms with Gasteiger partial charge >= 0.3 is 0 Å². The van der Waals surface area contributed by atoms with E-state index in [1.807, 2.05) is 54.6 Å². The predicted molar refractivity (Wildman–Crippen MR) is 99.2 cm³/mol. The van der Waals surface area contributed by atoms with E-state index in [1.165, 1.54) is 0 Å². The molecule has 2 N–H and O–H groups in total. The van der Waals surface area contributed by atoms with Crippen molar-refractivity contribution < 1.29 is 9.59 Å². The summed E-state index contributed by atoms with van der Waals surface area (Å²) in [7, 11) is 0. The number of benzene rings is 2. The van der Waals surface area contributed by atoms with Gasteiger partial charge in [0.25, 0.3) is 0 Å². The second-order valence-electron chi connectivity index (χ2n) is 4.76. The van der Waals surface area contributed by atoms with Gasteiger partial charge < -0.3 is 5.32 Å². The van der Waals surface area contributed by atoms with Crippen LogP contribution >= 0.6 is 22.6 Å². The van der Waals surface area contributed by atoms with Crippen LogP contribution in [0.5, 0.6) is 0 Å². The molecule has 0 saturated carbocycles. The summed E-state index contributed by atoms with van der Waals surface area (Å²) in [6.07, 6.45) is 1.75. The average Bonchev–Trinajstić information content (AvgIpc) is 2.56. The van der Waals surface area contributed by atoms with Crippen LogP contribution in [0, 0.1) is 3.57 Å². The molecule has 0 aliphatic carbocycles. The second kappa shape index (κ2) is 9.04. The molecular weight excluding hydrogens is 405 g/mol. The summed E-state index contributed by atoms with van der Waals surface area (Å²) in [5, 5.41) is 6.60. The van der Waals surface area contributed by atoms with Crippen LogP contribution in [0.2, 0.25) is 0 Å². The Kier molecular flexibility index (Phi) is 6.74. The fraction of sp³-hybridized carbons (Fsp3) is 0.118. The summed E-state index contributed by atoms with van der Waals surface area (Å²) < 4.78 is 1.09. The molecule has 2 aromatic rings. The predicted octanol–water partition coefficient (Wildman–Crippen LogP) is 3.16. The molecule has 0 atom stereocenters. The lowest BCUT2D eigenvalue weighted by atomic mass is 10.2. The number of rotatable bonds is 6. The zero-order chi connectivity index (χ0) is 16.5. The Morgan fingerprint density at radius 1 is 0.957 bits per heavy atom. The van der Waals surface area contributed by atoms with Crippen molar-refractivity contribution in [2.75, 3.05) is 5.32 Å². The van der Waals surface area contributed by atoms with Gasteiger partial charge in [0.05, 0.1) is 6.21 Å². The van der Waals surface area contributed by atoms with Crippen molar-refractivity contribution in [2.24, 2.45) is 5.10 Å². The van der Waals surface area contributed by atoms with E-state index in [0.29, 0.717) is 0 Å². The van der Waals surface area contributed by atoms with Crippen molar-refractivity contribution in [3.05, 3.63) is 63.7 Å². The Hall–Kier alpha value is -2.22. The first kappa shape index (κ1) is 17.1. The number of carbonyl (C=O) groups excluding carboxylic acids is 2. The first-order valence-electron chi connectivity index (χ1n) is 7.06. The van der Waals surface area contributed by atoms with Crippen molar-refractivity contribution in [2.45, 2.75) is 12.8 Å². The zero-order valence-electron chi connectivity index (χ0n) is 12.3. The minimum atomic E-state index is -0.296. The molecule has 0 saturated heterocycles. The van der Waals surface area contributed by atoms with E-state index >= 15 is 0 Å². The maximum Gasteiger partial charge on any atom is 0.240 e. The van der Waals surface area contributed by atoms with Gasteiger partial charge in [0.1, 0.15) is 0 Å². The summed E-state index contributed by atoms with van der Waals surface area (Å²) in [4.78, 5) is 23.4. The smallest absolute Gasteiger partial charge is 0.240 e. The number of halogens is 1. The quantitative estimate of drug-likeness (QED) is 0.428. The molecule has 0 aliphatic heterocycles. The minimum Gasteiger partial charge on any atom is -0.326 e. The number of amides is 2. The van der Waals surface area contributed by atoms with Crippen LogP contribution < -0.4 is 10.7 Å². The molecule has 5 nitrogen and oxygen atoms in total. The number of hydrogen-bond donors (Lipinski definition) is 2. The molecule has 0 bridgehead atoms. The highest BCUT2D eigenvalue weighted by molar-refractivity contribution is 14.1. The monoisotopic (exact) mass is 421 g/mol. The van der Waals surface area contributed by atoms with Crippen molar-refractivity contribution in [1.29, 1.82) is 0 Å². The minimum absolute atomic E-state index is 0.0856.